The molecule has 4 aliphatic heterocycles. The molecule has 1 aliphatic carbocycles. The molecule has 9 nitrogen and oxygen atoms in total. The average molecular weight is 615 g/mol. The van der Waals surface area contributed by atoms with E-state index in [0.717, 1.165) is 45.8 Å². The van der Waals surface area contributed by atoms with Crippen LogP contribution in [-0.4, -0.2) is 59.2 Å². The first-order valence-electron chi connectivity index (χ1n) is 14.8. The number of fused-ring (bicyclic) bond motifs is 5. The molecule has 10 heteroatoms. The molecule has 8 bridgehead atoms. The van der Waals surface area contributed by atoms with Crippen molar-refractivity contribution in [1.82, 2.24) is 4.98 Å². The second-order valence-electron chi connectivity index (χ2n) is 11.7. The molecule has 0 fully saturated rings. The summed E-state index contributed by atoms with van der Waals surface area (Å²) in [6.07, 6.45) is 8.30. The molecule has 5 aliphatic rings. The molecule has 0 radical (unpaired) electrons. The number of aliphatic carboxylic acids is 1. The van der Waals surface area contributed by atoms with Crippen LogP contribution in [0.15, 0.2) is 79.2 Å². The van der Waals surface area contributed by atoms with Crippen LogP contribution in [-0.2, 0) is 14.3 Å². The Labute approximate surface area is 279 Å². The number of hydrogen-bond acceptors (Lipinski definition) is 8. The topological polar surface area (TPSA) is 141 Å². The zero-order chi connectivity index (χ0) is 31.6. The van der Waals surface area contributed by atoms with Crippen molar-refractivity contribution in [2.24, 2.45) is 32.7 Å². The molecule has 1 aromatic rings. The summed E-state index contributed by atoms with van der Waals surface area (Å²) < 4.78 is 5.10. The summed E-state index contributed by atoms with van der Waals surface area (Å²) in [6.45, 7) is 13.9. The number of esters is 1. The predicted molar refractivity (Wildman–Crippen MR) is 172 cm³/mol. The Bertz CT molecular complexity index is 1970. The van der Waals surface area contributed by atoms with Crippen LogP contribution in [0.2, 0.25) is 0 Å². The minimum atomic E-state index is -1.25. The van der Waals surface area contributed by atoms with Gasteiger partial charge in [-0.1, -0.05) is 38.1 Å². The Balaban J connectivity index is 0.00000240. The number of hydrogen-bond donors (Lipinski definition) is 0. The molecule has 0 amide bonds. The number of allylic oxidation sites excluding steroid dienone is 7. The Morgan fingerprint density at radius 2 is 1.78 bits per heavy atom. The van der Waals surface area contributed by atoms with Crippen LogP contribution in [0.25, 0.3) is 17.4 Å². The summed E-state index contributed by atoms with van der Waals surface area (Å²) in [4.78, 5) is 44.7. The van der Waals surface area contributed by atoms with Crippen molar-refractivity contribution in [1.29, 1.82) is 0 Å². The molecule has 5 heterocycles. The second kappa shape index (κ2) is 12.1. The number of ether oxygens (including phenoxy) is 1. The number of rotatable bonds is 6. The van der Waals surface area contributed by atoms with Gasteiger partial charge in [0.25, 0.3) is 0 Å². The molecule has 0 spiro atoms. The maximum atomic E-state index is 14.0. The van der Waals surface area contributed by atoms with Gasteiger partial charge in [-0.25, -0.2) is 9.98 Å². The van der Waals surface area contributed by atoms with E-state index in [1.807, 2.05) is 45.9 Å². The van der Waals surface area contributed by atoms with Crippen LogP contribution in [0.5, 0.6) is 0 Å². The standard InChI is InChI=1S/C35H36N4O5.Mg/c1-8-19-15(3)22-12-24-17(5)21(10-11-28(40)41)32(38-24)30-31(35(43)44-7)34(42)29-18(6)25(39-33(29)30)14-27-20(9-2)16(4)23(37-27)13-26(19)36-22;/h8,12-14,17,21,31H,1,9-11H2,2-7H3,(H3,36,37,38,39,40,41,42);/q;+2/p-2. The molecular weight excluding hydrogens is 581 g/mol. The van der Waals surface area contributed by atoms with Gasteiger partial charge in [-0.05, 0) is 79.7 Å². The van der Waals surface area contributed by atoms with Crippen molar-refractivity contribution in [3.63, 3.8) is 0 Å². The van der Waals surface area contributed by atoms with E-state index in [9.17, 15) is 19.8 Å². The van der Waals surface area contributed by atoms with Gasteiger partial charge in [0.15, 0.2) is 0 Å². The molecule has 3 atom stereocenters. The first-order chi connectivity index (χ1) is 21.0. The van der Waals surface area contributed by atoms with Gasteiger partial charge < -0.3 is 24.7 Å². The van der Waals surface area contributed by atoms with Crippen LogP contribution in [0.3, 0.4) is 0 Å². The van der Waals surface area contributed by atoms with Gasteiger partial charge in [0.05, 0.1) is 35.8 Å². The third kappa shape index (κ3) is 5.04. The number of nitrogens with zero attached hydrogens (tertiary/aromatic N) is 4. The van der Waals surface area contributed by atoms with Gasteiger partial charge in [0.2, 0.25) is 0 Å². The number of carbonyl (C=O) groups excluding carboxylic acids is 2. The minimum absolute atomic E-state index is 0. The number of carboxylic acids is 1. The molecule has 6 rings (SSSR count). The quantitative estimate of drug-likeness (QED) is 0.352. The average Bonchev–Trinajstić information content (AvgIpc) is 3.72. The molecule has 45 heavy (non-hydrogen) atoms. The molecule has 0 N–H and O–H groups in total. The SMILES string of the molecule is C=CC1=C(C)C2=NC1=CC1=NC(=Cc3[n-]c4c(c3C)=C([O-])C(C(=O)OC)C=4C3=NC(=C2)C(C)C3CCC(=O)[O-])C(CC)=C1C.[H+].[Mg+2]. The minimum Gasteiger partial charge on any atom is -0.874 e. The monoisotopic (exact) mass is 614 g/mol. The van der Waals surface area contributed by atoms with E-state index in [-0.39, 0.29) is 43.2 Å². The summed E-state index contributed by atoms with van der Waals surface area (Å²) in [5.74, 6) is -4.18. The molecule has 1 aromatic heterocycles. The van der Waals surface area contributed by atoms with E-state index in [4.69, 9.17) is 24.7 Å². The van der Waals surface area contributed by atoms with E-state index < -0.39 is 29.5 Å². The van der Waals surface area contributed by atoms with Crippen molar-refractivity contribution >= 4 is 69.5 Å². The van der Waals surface area contributed by atoms with E-state index in [0.29, 0.717) is 44.5 Å². The third-order valence-electron chi connectivity index (χ3n) is 9.41. The third-order valence-corrected chi connectivity index (χ3v) is 9.41. The number of aliphatic imine (C=N–C) groups is 3. The first kappa shape index (κ1) is 32.4. The maximum absolute atomic E-state index is 14.0. The smallest absolute Gasteiger partial charge is 0.874 e. The molecule has 0 aromatic carbocycles. The number of carboxylic acid groups (broad SMARTS) is 1. The molecular formula is C35H34MgN4O5. The zero-order valence-corrected chi connectivity index (χ0v) is 27.8. The fourth-order valence-electron chi connectivity index (χ4n) is 6.92. The van der Waals surface area contributed by atoms with Gasteiger partial charge >= 0.3 is 30.4 Å². The van der Waals surface area contributed by atoms with Crippen LogP contribution in [0, 0.1) is 24.7 Å². The van der Waals surface area contributed by atoms with Gasteiger partial charge in [-0.15, -0.1) is 16.8 Å². The van der Waals surface area contributed by atoms with Gasteiger partial charge in [0, 0.05) is 34.8 Å². The van der Waals surface area contributed by atoms with Crippen molar-refractivity contribution < 1.29 is 26.0 Å². The molecule has 0 saturated heterocycles. The predicted octanol–water partition coefficient (Wildman–Crippen LogP) is 1.60. The Hall–Kier alpha value is -4.02. The van der Waals surface area contributed by atoms with E-state index in [1.54, 1.807) is 6.08 Å². The van der Waals surface area contributed by atoms with Crippen LogP contribution < -0.4 is 25.8 Å². The fraction of sp³-hybridized carbons (Fsp3) is 0.343. The van der Waals surface area contributed by atoms with Crippen molar-refractivity contribution in [2.45, 2.75) is 53.9 Å². The summed E-state index contributed by atoms with van der Waals surface area (Å²) in [6, 6.07) is 0. The number of carbonyl (C=O) groups is 2. The van der Waals surface area contributed by atoms with Crippen molar-refractivity contribution in [2.75, 3.05) is 7.11 Å². The maximum Gasteiger partial charge on any atom is 2.00 e. The largest absolute Gasteiger partial charge is 2.00 e. The Morgan fingerprint density at radius 1 is 1.09 bits per heavy atom. The molecule has 226 valence electrons. The number of aromatic nitrogens is 1. The van der Waals surface area contributed by atoms with Crippen LogP contribution >= 0.6 is 0 Å². The van der Waals surface area contributed by atoms with E-state index in [2.05, 4.69) is 13.5 Å². The Kier molecular flexibility index (Phi) is 8.67. The van der Waals surface area contributed by atoms with Crippen molar-refractivity contribution in [3.05, 3.63) is 86.0 Å². The molecule has 0 saturated carbocycles. The first-order valence-corrected chi connectivity index (χ1v) is 14.8. The fourth-order valence-corrected chi connectivity index (χ4v) is 6.92. The second-order valence-corrected chi connectivity index (χ2v) is 11.7. The van der Waals surface area contributed by atoms with Crippen LogP contribution in [0.4, 0.5) is 0 Å². The zero-order valence-electron chi connectivity index (χ0n) is 27.4. The van der Waals surface area contributed by atoms with E-state index in [1.165, 1.54) is 7.11 Å². The normalized spacial score (nSPS) is 23.3. The van der Waals surface area contributed by atoms with Crippen molar-refractivity contribution in [3.8, 4) is 0 Å². The van der Waals surface area contributed by atoms with Gasteiger partial charge in [-0.2, -0.15) is 0 Å². The van der Waals surface area contributed by atoms with Gasteiger partial charge in [0.1, 0.15) is 0 Å². The summed E-state index contributed by atoms with van der Waals surface area (Å²) in [7, 11) is 1.25. The van der Waals surface area contributed by atoms with E-state index >= 15 is 0 Å². The number of methoxy groups -OCH3 is 1. The molecule has 3 unspecified atom stereocenters. The van der Waals surface area contributed by atoms with Gasteiger partial charge in [-0.3, -0.25) is 9.79 Å². The van der Waals surface area contributed by atoms with Crippen LogP contribution in [0.1, 0.15) is 59.6 Å². The summed E-state index contributed by atoms with van der Waals surface area (Å²) >= 11 is 0. The summed E-state index contributed by atoms with van der Waals surface area (Å²) in [5.41, 5.74) is 9.67. The Morgan fingerprint density at radius 3 is 2.42 bits per heavy atom. The summed E-state index contributed by atoms with van der Waals surface area (Å²) in [5, 5.41) is 26.3.